The number of aliphatic hydroxyl groups excluding tert-OH is 1. The first-order valence-electron chi connectivity index (χ1n) is 6.42. The maximum absolute atomic E-state index is 11.3. The molecule has 1 heterocycles. The molecule has 0 fully saturated rings. The Bertz CT molecular complexity index is 442. The highest BCUT2D eigenvalue weighted by atomic mass is 16.5. The number of methoxy groups -OCH3 is 1. The van der Waals surface area contributed by atoms with Crippen LogP contribution < -0.4 is 4.74 Å². The first-order valence-corrected chi connectivity index (χ1v) is 6.42. The lowest BCUT2D eigenvalue weighted by molar-refractivity contribution is -0.146. The largest absolute Gasteiger partial charge is 0.481 e. The number of aliphatic hydroxyl groups is 1. The number of carbonyl (C=O) groups is 1. The highest BCUT2D eigenvalue weighted by molar-refractivity contribution is 5.71. The van der Waals surface area contributed by atoms with Crippen LogP contribution in [0.5, 0.6) is 5.88 Å². The molecule has 19 heavy (non-hydrogen) atoms. The average molecular weight is 270 g/mol. The van der Waals surface area contributed by atoms with E-state index in [1.165, 1.54) is 11.8 Å². The molecule has 0 aliphatic carbocycles. The summed E-state index contributed by atoms with van der Waals surface area (Å²) in [6, 6.07) is 0. The maximum Gasteiger partial charge on any atom is 0.309 e. The molecule has 0 bridgehead atoms. The Hall–Kier alpha value is -1.56. The van der Waals surface area contributed by atoms with Crippen LogP contribution in [0.3, 0.4) is 0 Å². The van der Waals surface area contributed by atoms with Crippen molar-refractivity contribution in [1.29, 1.82) is 0 Å². The van der Waals surface area contributed by atoms with Crippen LogP contribution in [0.2, 0.25) is 0 Å². The third kappa shape index (κ3) is 3.26. The van der Waals surface area contributed by atoms with Gasteiger partial charge in [-0.1, -0.05) is 19.8 Å². The fourth-order valence-corrected chi connectivity index (χ4v) is 2.28. The van der Waals surface area contributed by atoms with E-state index in [-0.39, 0.29) is 0 Å². The summed E-state index contributed by atoms with van der Waals surface area (Å²) < 4.78 is 6.71. The summed E-state index contributed by atoms with van der Waals surface area (Å²) in [5.74, 6) is -1.42. The second-order valence-electron chi connectivity index (χ2n) is 4.66. The van der Waals surface area contributed by atoms with Crippen LogP contribution >= 0.6 is 0 Å². The van der Waals surface area contributed by atoms with Crippen LogP contribution in [0.25, 0.3) is 0 Å². The number of ether oxygens (including phenoxy) is 1. The zero-order valence-electron chi connectivity index (χ0n) is 11.9. The number of aromatic nitrogens is 2. The fourth-order valence-electron chi connectivity index (χ4n) is 2.28. The summed E-state index contributed by atoms with van der Waals surface area (Å²) in [5, 5.41) is 23.8. The predicted molar refractivity (Wildman–Crippen MR) is 70.1 cm³/mol. The fraction of sp³-hybridized carbons (Fsp3) is 0.692. The molecule has 0 saturated carbocycles. The van der Waals surface area contributed by atoms with Crippen LogP contribution in [-0.2, 0) is 11.8 Å². The monoisotopic (exact) mass is 270 g/mol. The highest BCUT2D eigenvalue weighted by Gasteiger charge is 2.32. The van der Waals surface area contributed by atoms with Crippen molar-refractivity contribution in [3.8, 4) is 5.88 Å². The van der Waals surface area contributed by atoms with Gasteiger partial charge in [0.05, 0.1) is 30.4 Å². The summed E-state index contributed by atoms with van der Waals surface area (Å²) in [7, 11) is 3.18. The molecular formula is C13H22N2O4. The van der Waals surface area contributed by atoms with Gasteiger partial charge in [-0.25, -0.2) is 4.68 Å². The summed E-state index contributed by atoms with van der Waals surface area (Å²) in [4.78, 5) is 11.3. The van der Waals surface area contributed by atoms with Gasteiger partial charge in [-0.15, -0.1) is 0 Å². The number of carboxylic acid groups (broad SMARTS) is 1. The van der Waals surface area contributed by atoms with Crippen molar-refractivity contribution in [3.63, 3.8) is 0 Å². The molecule has 0 spiro atoms. The highest BCUT2D eigenvalue weighted by Crippen LogP contribution is 2.34. The Morgan fingerprint density at radius 2 is 2.16 bits per heavy atom. The minimum Gasteiger partial charge on any atom is -0.481 e. The molecule has 2 unspecified atom stereocenters. The SMILES string of the molecule is CCCCC(C(=O)O)C(O)c1c(C)nn(C)c1OC. The Labute approximate surface area is 113 Å². The Morgan fingerprint density at radius 3 is 2.63 bits per heavy atom. The van der Waals surface area contributed by atoms with Crippen LogP contribution in [-0.4, -0.2) is 33.1 Å². The van der Waals surface area contributed by atoms with Gasteiger partial charge in [0, 0.05) is 7.05 Å². The first-order chi connectivity index (χ1) is 8.93. The molecule has 6 nitrogen and oxygen atoms in total. The number of rotatable bonds is 7. The minimum atomic E-state index is -1.10. The van der Waals surface area contributed by atoms with Crippen LogP contribution in [0, 0.1) is 12.8 Å². The normalized spacial score (nSPS) is 14.2. The van der Waals surface area contributed by atoms with E-state index < -0.39 is 18.0 Å². The van der Waals surface area contributed by atoms with E-state index in [1.54, 1.807) is 14.0 Å². The Kier molecular flexibility index (Phi) is 5.35. The summed E-state index contributed by atoms with van der Waals surface area (Å²) >= 11 is 0. The van der Waals surface area contributed by atoms with E-state index in [9.17, 15) is 15.0 Å². The van der Waals surface area contributed by atoms with Gasteiger partial charge >= 0.3 is 5.97 Å². The van der Waals surface area contributed by atoms with E-state index >= 15 is 0 Å². The van der Waals surface area contributed by atoms with Gasteiger partial charge in [-0.3, -0.25) is 4.79 Å². The summed E-state index contributed by atoms with van der Waals surface area (Å²) in [5.41, 5.74) is 1.06. The van der Waals surface area contributed by atoms with Crippen molar-refractivity contribution in [2.75, 3.05) is 7.11 Å². The van der Waals surface area contributed by atoms with Crippen molar-refractivity contribution in [2.24, 2.45) is 13.0 Å². The summed E-state index contributed by atoms with van der Waals surface area (Å²) in [6.45, 7) is 3.72. The molecule has 2 N–H and O–H groups in total. The molecule has 0 saturated heterocycles. The van der Waals surface area contributed by atoms with E-state index in [0.717, 1.165) is 12.8 Å². The number of hydrogen-bond donors (Lipinski definition) is 2. The second kappa shape index (κ2) is 6.56. The smallest absolute Gasteiger partial charge is 0.309 e. The van der Waals surface area contributed by atoms with Crippen LogP contribution in [0.4, 0.5) is 0 Å². The third-order valence-electron chi connectivity index (χ3n) is 3.27. The van der Waals surface area contributed by atoms with Crippen LogP contribution in [0.1, 0.15) is 43.5 Å². The quantitative estimate of drug-likeness (QED) is 0.787. The van der Waals surface area contributed by atoms with Crippen LogP contribution in [0.15, 0.2) is 0 Å². The van der Waals surface area contributed by atoms with E-state index in [2.05, 4.69) is 5.10 Å². The van der Waals surface area contributed by atoms with Gasteiger partial charge in [0.1, 0.15) is 0 Å². The third-order valence-corrected chi connectivity index (χ3v) is 3.27. The van der Waals surface area contributed by atoms with Crippen molar-refractivity contribution in [2.45, 2.75) is 39.2 Å². The van der Waals surface area contributed by atoms with E-state index in [0.29, 0.717) is 23.6 Å². The number of nitrogens with zero attached hydrogens (tertiary/aromatic N) is 2. The number of unbranched alkanes of at least 4 members (excludes halogenated alkanes) is 1. The van der Waals surface area contributed by atoms with Gasteiger partial charge in [-0.05, 0) is 13.3 Å². The lowest BCUT2D eigenvalue weighted by atomic mass is 9.91. The molecular weight excluding hydrogens is 248 g/mol. The minimum absolute atomic E-state index is 0.410. The zero-order valence-corrected chi connectivity index (χ0v) is 11.9. The molecule has 0 radical (unpaired) electrons. The molecule has 1 aromatic heterocycles. The topological polar surface area (TPSA) is 84.6 Å². The van der Waals surface area contributed by atoms with Gasteiger partial charge in [0.2, 0.25) is 5.88 Å². The van der Waals surface area contributed by atoms with Crippen molar-refractivity contribution in [1.82, 2.24) is 9.78 Å². The molecule has 6 heteroatoms. The van der Waals surface area contributed by atoms with Gasteiger partial charge in [0.15, 0.2) is 0 Å². The van der Waals surface area contributed by atoms with Crippen molar-refractivity contribution >= 4 is 5.97 Å². The lowest BCUT2D eigenvalue weighted by Crippen LogP contribution is -2.22. The maximum atomic E-state index is 11.3. The standard InChI is InChI=1S/C13H22N2O4/c1-5-6-7-9(13(17)18)11(16)10-8(2)14-15(3)12(10)19-4/h9,11,16H,5-7H2,1-4H3,(H,17,18). The van der Waals surface area contributed by atoms with Gasteiger partial charge < -0.3 is 14.9 Å². The number of aliphatic carboxylic acids is 1. The Balaban J connectivity index is 3.08. The molecule has 108 valence electrons. The molecule has 0 amide bonds. The van der Waals surface area contributed by atoms with E-state index in [4.69, 9.17) is 4.74 Å². The number of carboxylic acids is 1. The van der Waals surface area contributed by atoms with E-state index in [1.807, 2.05) is 6.92 Å². The van der Waals surface area contributed by atoms with Crippen molar-refractivity contribution < 1.29 is 19.7 Å². The summed E-state index contributed by atoms with van der Waals surface area (Å²) in [6.07, 6.45) is 0.979. The Morgan fingerprint density at radius 1 is 1.53 bits per heavy atom. The first kappa shape index (κ1) is 15.5. The lowest BCUT2D eigenvalue weighted by Gasteiger charge is -2.19. The molecule has 0 aromatic carbocycles. The van der Waals surface area contributed by atoms with Gasteiger partial charge in [0.25, 0.3) is 0 Å². The average Bonchev–Trinajstić information content (AvgIpc) is 2.63. The molecule has 0 aliphatic heterocycles. The molecule has 1 aromatic rings. The molecule has 1 rings (SSSR count). The molecule has 2 atom stereocenters. The van der Waals surface area contributed by atoms with Crippen molar-refractivity contribution in [3.05, 3.63) is 11.3 Å². The number of aryl methyl sites for hydroxylation is 2. The van der Waals surface area contributed by atoms with Gasteiger partial charge in [-0.2, -0.15) is 5.10 Å². The predicted octanol–water partition coefficient (Wildman–Crippen LogP) is 1.66. The second-order valence-corrected chi connectivity index (χ2v) is 4.66. The number of hydrogen-bond acceptors (Lipinski definition) is 4. The zero-order chi connectivity index (χ0) is 14.6. The molecule has 0 aliphatic rings.